The first-order valence-corrected chi connectivity index (χ1v) is 7.65. The number of nitrogens with zero attached hydrogens (tertiary/aromatic N) is 3. The van der Waals surface area contributed by atoms with Crippen molar-refractivity contribution >= 4 is 33.1 Å². The summed E-state index contributed by atoms with van der Waals surface area (Å²) >= 11 is 3.58. The van der Waals surface area contributed by atoms with E-state index in [-0.39, 0.29) is 0 Å². The molecule has 2 heterocycles. The Kier molecular flexibility index (Phi) is 3.49. The summed E-state index contributed by atoms with van der Waals surface area (Å²) in [6, 6.07) is 14.5. The van der Waals surface area contributed by atoms with Gasteiger partial charge in [-0.05, 0) is 36.8 Å². The third-order valence-corrected chi connectivity index (χ3v) is 3.97. The fourth-order valence-electron chi connectivity index (χ4n) is 2.39. The smallest absolute Gasteiger partial charge is 0.156 e. The highest BCUT2D eigenvalue weighted by molar-refractivity contribution is 9.08. The predicted molar refractivity (Wildman–Crippen MR) is 87.1 cm³/mol. The van der Waals surface area contributed by atoms with Crippen molar-refractivity contribution < 1.29 is 0 Å². The van der Waals surface area contributed by atoms with Crippen molar-refractivity contribution in [1.29, 1.82) is 0 Å². The zero-order chi connectivity index (χ0) is 14.1. The van der Waals surface area contributed by atoms with E-state index in [1.807, 2.05) is 24.4 Å². The van der Waals surface area contributed by atoms with Gasteiger partial charge < -0.3 is 9.30 Å². The first-order valence-electron chi connectivity index (χ1n) is 6.53. The van der Waals surface area contributed by atoms with Crippen molar-refractivity contribution in [2.24, 2.45) is 0 Å². The minimum Gasteiger partial charge on any atom is -0.328 e. The minimum absolute atomic E-state index is 0.768. The lowest BCUT2D eigenvalue weighted by Gasteiger charge is -2.18. The molecule has 1 aromatic carbocycles. The Hall–Kier alpha value is -1.81. The monoisotopic (exact) mass is 329 g/mol. The Morgan fingerprint density at radius 2 is 2.05 bits per heavy atom. The van der Waals surface area contributed by atoms with E-state index in [9.17, 15) is 0 Å². The van der Waals surface area contributed by atoms with Crippen molar-refractivity contribution in [3.8, 4) is 0 Å². The molecular formula is C16H16BrN3. The maximum atomic E-state index is 4.75. The molecule has 0 aliphatic carbocycles. The summed E-state index contributed by atoms with van der Waals surface area (Å²) in [4.78, 5) is 6.88. The lowest BCUT2D eigenvalue weighted by molar-refractivity contribution is 1.07. The summed E-state index contributed by atoms with van der Waals surface area (Å²) in [5.41, 5.74) is 4.52. The Morgan fingerprint density at radius 3 is 2.80 bits per heavy atom. The van der Waals surface area contributed by atoms with Gasteiger partial charge in [0, 0.05) is 24.3 Å². The average Bonchev–Trinajstić information content (AvgIpc) is 2.85. The summed E-state index contributed by atoms with van der Waals surface area (Å²) in [6.45, 7) is 2.10. The largest absolute Gasteiger partial charge is 0.328 e. The van der Waals surface area contributed by atoms with Crippen LogP contribution in [0.15, 0.2) is 48.7 Å². The van der Waals surface area contributed by atoms with E-state index in [1.54, 1.807) is 0 Å². The Bertz CT molecular complexity index is 748. The number of alkyl halides is 1. The molecule has 0 amide bonds. The number of aromatic nitrogens is 2. The highest BCUT2D eigenvalue weighted by Gasteiger charge is 2.15. The molecule has 0 aliphatic heterocycles. The molecular weight excluding hydrogens is 314 g/mol. The Balaban J connectivity index is 2.14. The van der Waals surface area contributed by atoms with E-state index in [0.717, 1.165) is 28.2 Å². The molecule has 0 fully saturated rings. The number of pyridine rings is 1. The van der Waals surface area contributed by atoms with Crippen LogP contribution in [0.25, 0.3) is 5.65 Å². The molecule has 0 saturated heterocycles. The summed E-state index contributed by atoms with van der Waals surface area (Å²) < 4.78 is 2.12. The van der Waals surface area contributed by atoms with Crippen LogP contribution in [0.1, 0.15) is 11.3 Å². The highest BCUT2D eigenvalue weighted by atomic mass is 79.9. The topological polar surface area (TPSA) is 20.5 Å². The van der Waals surface area contributed by atoms with Crippen LogP contribution >= 0.6 is 15.9 Å². The van der Waals surface area contributed by atoms with Gasteiger partial charge in [-0.25, -0.2) is 4.98 Å². The number of imidazole rings is 1. The second-order valence-electron chi connectivity index (χ2n) is 4.84. The minimum atomic E-state index is 0.768. The number of aryl methyl sites for hydroxylation is 1. The van der Waals surface area contributed by atoms with E-state index in [4.69, 9.17) is 4.98 Å². The molecule has 2 aromatic heterocycles. The van der Waals surface area contributed by atoms with Gasteiger partial charge in [-0.3, -0.25) is 0 Å². The zero-order valence-corrected chi connectivity index (χ0v) is 13.1. The number of fused-ring (bicyclic) bond motifs is 1. The van der Waals surface area contributed by atoms with E-state index in [0.29, 0.717) is 0 Å². The van der Waals surface area contributed by atoms with Crippen molar-refractivity contribution in [1.82, 2.24) is 9.38 Å². The van der Waals surface area contributed by atoms with Crippen LogP contribution in [0.2, 0.25) is 0 Å². The molecule has 0 radical (unpaired) electrons. The Morgan fingerprint density at radius 1 is 1.20 bits per heavy atom. The van der Waals surface area contributed by atoms with Gasteiger partial charge in [-0.15, -0.1) is 0 Å². The van der Waals surface area contributed by atoms with Crippen LogP contribution in [0.3, 0.4) is 0 Å². The summed E-state index contributed by atoms with van der Waals surface area (Å²) in [6.07, 6.45) is 2.05. The van der Waals surface area contributed by atoms with Gasteiger partial charge in [0.25, 0.3) is 0 Å². The number of hydrogen-bond acceptors (Lipinski definition) is 2. The molecule has 20 heavy (non-hydrogen) atoms. The molecule has 0 unspecified atom stereocenters. The number of hydrogen-bond donors (Lipinski definition) is 0. The molecule has 0 aliphatic rings. The molecule has 0 spiro atoms. The van der Waals surface area contributed by atoms with E-state index in [2.05, 4.69) is 63.5 Å². The fraction of sp³-hybridized carbons (Fsp3) is 0.188. The van der Waals surface area contributed by atoms with Gasteiger partial charge in [0.05, 0.1) is 5.69 Å². The van der Waals surface area contributed by atoms with Gasteiger partial charge in [-0.2, -0.15) is 0 Å². The number of rotatable bonds is 3. The van der Waals surface area contributed by atoms with E-state index < -0.39 is 0 Å². The van der Waals surface area contributed by atoms with Gasteiger partial charge in [0.1, 0.15) is 5.65 Å². The first kappa shape index (κ1) is 13.2. The maximum Gasteiger partial charge on any atom is 0.156 e. The van der Waals surface area contributed by atoms with Gasteiger partial charge in [0.15, 0.2) is 5.82 Å². The van der Waals surface area contributed by atoms with Crippen LogP contribution in [-0.2, 0) is 5.33 Å². The molecule has 3 aromatic rings. The number of benzene rings is 1. The molecule has 3 nitrogen and oxygen atoms in total. The fourth-order valence-corrected chi connectivity index (χ4v) is 2.91. The number of anilines is 2. The quantitative estimate of drug-likeness (QED) is 0.667. The predicted octanol–water partition coefficient (Wildman–Crippen LogP) is 4.31. The van der Waals surface area contributed by atoms with Crippen molar-refractivity contribution in [2.75, 3.05) is 11.9 Å². The lowest BCUT2D eigenvalue weighted by Crippen LogP contribution is -2.12. The number of halogens is 1. The van der Waals surface area contributed by atoms with Gasteiger partial charge in [-0.1, -0.05) is 34.1 Å². The normalized spacial score (nSPS) is 10.9. The highest BCUT2D eigenvalue weighted by Crippen LogP contribution is 2.29. The van der Waals surface area contributed by atoms with E-state index >= 15 is 0 Å². The van der Waals surface area contributed by atoms with Crippen LogP contribution < -0.4 is 4.90 Å². The summed E-state index contributed by atoms with van der Waals surface area (Å²) in [5.74, 6) is 0.985. The van der Waals surface area contributed by atoms with Crippen molar-refractivity contribution in [3.63, 3.8) is 0 Å². The third-order valence-electron chi connectivity index (χ3n) is 3.44. The summed E-state index contributed by atoms with van der Waals surface area (Å²) in [7, 11) is 2.06. The maximum absolute atomic E-state index is 4.75. The zero-order valence-electron chi connectivity index (χ0n) is 11.5. The summed E-state index contributed by atoms with van der Waals surface area (Å²) in [5, 5.41) is 0.768. The molecule has 3 rings (SSSR count). The van der Waals surface area contributed by atoms with Gasteiger partial charge >= 0.3 is 0 Å². The van der Waals surface area contributed by atoms with Crippen LogP contribution in [-0.4, -0.2) is 16.4 Å². The van der Waals surface area contributed by atoms with Crippen molar-refractivity contribution in [2.45, 2.75) is 12.3 Å². The first-order chi connectivity index (χ1) is 9.70. The van der Waals surface area contributed by atoms with E-state index in [1.165, 1.54) is 5.56 Å². The van der Waals surface area contributed by atoms with Crippen LogP contribution in [0, 0.1) is 6.92 Å². The second-order valence-corrected chi connectivity index (χ2v) is 5.40. The molecule has 0 saturated carbocycles. The lowest BCUT2D eigenvalue weighted by atomic mass is 10.2. The van der Waals surface area contributed by atoms with Crippen LogP contribution in [0.4, 0.5) is 11.5 Å². The molecule has 0 bridgehead atoms. The molecule has 4 heteroatoms. The molecule has 0 N–H and O–H groups in total. The Labute approximate surface area is 127 Å². The van der Waals surface area contributed by atoms with Gasteiger partial charge in [0.2, 0.25) is 0 Å². The molecule has 0 atom stereocenters. The molecule has 102 valence electrons. The van der Waals surface area contributed by atoms with Crippen LogP contribution in [0.5, 0.6) is 0 Å². The second kappa shape index (κ2) is 5.29. The average molecular weight is 330 g/mol. The van der Waals surface area contributed by atoms with Crippen molar-refractivity contribution in [3.05, 3.63) is 59.9 Å². The SMILES string of the molecule is Cc1cccc(N(C)c2nc3ccccn3c2CBr)c1. The third kappa shape index (κ3) is 2.20. The standard InChI is InChI=1S/C16H16BrN3/c1-12-6-5-7-13(10-12)19(2)16-14(11-17)20-9-4-3-8-15(20)18-16/h3-10H,11H2,1-2H3.